The molecule has 64 valence electrons. The van der Waals surface area contributed by atoms with Crippen molar-refractivity contribution in [1.82, 2.24) is 5.32 Å². The van der Waals surface area contributed by atoms with Crippen LogP contribution >= 0.6 is 27.3 Å². The Morgan fingerprint density at radius 1 is 1.67 bits per heavy atom. The molecule has 12 heavy (non-hydrogen) atoms. The van der Waals surface area contributed by atoms with Gasteiger partial charge in [0.1, 0.15) is 0 Å². The molecule has 1 fully saturated rings. The minimum absolute atomic E-state index is 0.103. The molecule has 1 aromatic heterocycles. The standard InChI is InChI=1S/C7H6BrNO2S/c8-6-2-1-5(12-6)4-3-9-7(10)11-4/h1-2,4H,3H2,(H,9,10). The Morgan fingerprint density at radius 2 is 2.50 bits per heavy atom. The largest absolute Gasteiger partial charge is 0.439 e. The van der Waals surface area contributed by atoms with E-state index in [-0.39, 0.29) is 12.2 Å². The van der Waals surface area contributed by atoms with Crippen LogP contribution in [0, 0.1) is 0 Å². The molecule has 1 amide bonds. The highest BCUT2D eigenvalue weighted by atomic mass is 79.9. The van der Waals surface area contributed by atoms with Gasteiger partial charge in [0.2, 0.25) is 0 Å². The number of rotatable bonds is 1. The van der Waals surface area contributed by atoms with Crippen LogP contribution in [0.5, 0.6) is 0 Å². The first-order chi connectivity index (χ1) is 5.75. The lowest BCUT2D eigenvalue weighted by Crippen LogP contribution is -2.12. The first-order valence-electron chi connectivity index (χ1n) is 3.45. The highest BCUT2D eigenvalue weighted by Gasteiger charge is 2.25. The van der Waals surface area contributed by atoms with E-state index in [1.165, 1.54) is 0 Å². The highest BCUT2D eigenvalue weighted by Crippen LogP contribution is 2.30. The van der Waals surface area contributed by atoms with Crippen LogP contribution in [0.2, 0.25) is 0 Å². The SMILES string of the molecule is O=C1NCC(c2ccc(Br)s2)O1. The zero-order chi connectivity index (χ0) is 8.55. The molecule has 1 atom stereocenters. The number of cyclic esters (lactones) is 1. The first kappa shape index (κ1) is 8.07. The Morgan fingerprint density at radius 3 is 3.00 bits per heavy atom. The lowest BCUT2D eigenvalue weighted by molar-refractivity contribution is 0.142. The molecule has 0 saturated carbocycles. The molecule has 5 heteroatoms. The average molecular weight is 248 g/mol. The highest BCUT2D eigenvalue weighted by molar-refractivity contribution is 9.11. The van der Waals surface area contributed by atoms with Gasteiger partial charge in [-0.25, -0.2) is 4.79 Å². The van der Waals surface area contributed by atoms with Crippen molar-refractivity contribution in [3.8, 4) is 0 Å². The summed E-state index contributed by atoms with van der Waals surface area (Å²) in [6, 6.07) is 3.91. The second-order valence-electron chi connectivity index (χ2n) is 2.42. The minimum atomic E-state index is -0.329. The number of thiophene rings is 1. The van der Waals surface area contributed by atoms with E-state index in [0.717, 1.165) is 8.66 Å². The summed E-state index contributed by atoms with van der Waals surface area (Å²) in [5.74, 6) is 0. The van der Waals surface area contributed by atoms with Gasteiger partial charge >= 0.3 is 6.09 Å². The molecule has 0 bridgehead atoms. The summed E-state index contributed by atoms with van der Waals surface area (Å²) in [6.45, 7) is 0.575. The third-order valence-corrected chi connectivity index (χ3v) is 3.31. The quantitative estimate of drug-likeness (QED) is 0.828. The van der Waals surface area contributed by atoms with Gasteiger partial charge in [-0.3, -0.25) is 0 Å². The van der Waals surface area contributed by atoms with Gasteiger partial charge in [0.15, 0.2) is 6.10 Å². The van der Waals surface area contributed by atoms with Crippen LogP contribution in [0.3, 0.4) is 0 Å². The van der Waals surface area contributed by atoms with E-state index in [9.17, 15) is 4.79 Å². The molecule has 1 N–H and O–H groups in total. The summed E-state index contributed by atoms with van der Waals surface area (Å²) in [5.41, 5.74) is 0. The molecule has 2 rings (SSSR count). The van der Waals surface area contributed by atoms with Crippen LogP contribution in [0.1, 0.15) is 11.0 Å². The number of ether oxygens (including phenoxy) is 1. The van der Waals surface area contributed by atoms with Gasteiger partial charge in [-0.05, 0) is 28.1 Å². The van der Waals surface area contributed by atoms with E-state index in [2.05, 4.69) is 21.2 Å². The Balaban J connectivity index is 2.15. The average Bonchev–Trinajstić information content (AvgIpc) is 2.58. The Labute approximate surface area is 81.9 Å². The maximum atomic E-state index is 10.7. The Bertz CT molecular complexity index is 312. The predicted molar refractivity (Wildman–Crippen MR) is 49.2 cm³/mol. The van der Waals surface area contributed by atoms with Crippen molar-refractivity contribution in [1.29, 1.82) is 0 Å². The fraction of sp³-hybridized carbons (Fsp3) is 0.286. The predicted octanol–water partition coefficient (Wildman–Crippen LogP) is 2.29. The fourth-order valence-corrected chi connectivity index (χ4v) is 2.50. The van der Waals surface area contributed by atoms with Crippen molar-refractivity contribution in [2.75, 3.05) is 6.54 Å². The van der Waals surface area contributed by atoms with E-state index in [1.807, 2.05) is 12.1 Å². The molecule has 1 saturated heterocycles. The molecule has 0 aliphatic carbocycles. The number of nitrogens with one attached hydrogen (secondary N) is 1. The summed E-state index contributed by atoms with van der Waals surface area (Å²) in [7, 11) is 0. The van der Waals surface area contributed by atoms with Crippen LogP contribution in [-0.2, 0) is 4.74 Å². The maximum absolute atomic E-state index is 10.7. The molecule has 1 unspecified atom stereocenters. The van der Waals surface area contributed by atoms with Crippen LogP contribution < -0.4 is 5.32 Å². The molecule has 0 spiro atoms. The maximum Gasteiger partial charge on any atom is 0.407 e. The van der Waals surface area contributed by atoms with E-state index in [1.54, 1.807) is 11.3 Å². The zero-order valence-corrected chi connectivity index (χ0v) is 8.44. The molecule has 3 nitrogen and oxygen atoms in total. The number of carbonyl (C=O) groups is 1. The van der Waals surface area contributed by atoms with Crippen LogP contribution in [0.4, 0.5) is 4.79 Å². The van der Waals surface area contributed by atoms with Crippen molar-refractivity contribution in [2.24, 2.45) is 0 Å². The summed E-state index contributed by atoms with van der Waals surface area (Å²) >= 11 is 4.94. The lowest BCUT2D eigenvalue weighted by Gasteiger charge is -2.02. The number of hydrogen-bond donors (Lipinski definition) is 1. The monoisotopic (exact) mass is 247 g/mol. The summed E-state index contributed by atoms with van der Waals surface area (Å²) < 4.78 is 6.06. The van der Waals surface area contributed by atoms with Crippen molar-refractivity contribution in [3.05, 3.63) is 20.8 Å². The van der Waals surface area contributed by atoms with Gasteiger partial charge in [-0.1, -0.05) is 0 Å². The van der Waals surface area contributed by atoms with Crippen LogP contribution in [-0.4, -0.2) is 12.6 Å². The van der Waals surface area contributed by atoms with Gasteiger partial charge in [-0.2, -0.15) is 0 Å². The third-order valence-electron chi connectivity index (χ3n) is 1.59. The normalized spacial score (nSPS) is 22.1. The number of amides is 1. The zero-order valence-electron chi connectivity index (χ0n) is 6.04. The van der Waals surface area contributed by atoms with Crippen LogP contribution in [0.15, 0.2) is 15.9 Å². The molecule has 0 aromatic carbocycles. The first-order valence-corrected chi connectivity index (χ1v) is 5.06. The number of hydrogen-bond acceptors (Lipinski definition) is 3. The van der Waals surface area contributed by atoms with Gasteiger partial charge < -0.3 is 10.1 Å². The number of halogens is 1. The smallest absolute Gasteiger partial charge is 0.407 e. The van der Waals surface area contributed by atoms with Gasteiger partial charge in [0, 0.05) is 4.88 Å². The van der Waals surface area contributed by atoms with Crippen molar-refractivity contribution in [3.63, 3.8) is 0 Å². The van der Waals surface area contributed by atoms with Gasteiger partial charge in [0.05, 0.1) is 10.3 Å². The Hall–Kier alpha value is -0.550. The molecule has 1 aliphatic heterocycles. The second kappa shape index (κ2) is 3.06. The minimum Gasteiger partial charge on any atom is -0.439 e. The van der Waals surface area contributed by atoms with E-state index < -0.39 is 0 Å². The van der Waals surface area contributed by atoms with E-state index >= 15 is 0 Å². The van der Waals surface area contributed by atoms with Crippen LogP contribution in [0.25, 0.3) is 0 Å². The van der Waals surface area contributed by atoms with Crippen molar-refractivity contribution >= 4 is 33.4 Å². The molecule has 2 heterocycles. The van der Waals surface area contributed by atoms with Gasteiger partial charge in [0.25, 0.3) is 0 Å². The second-order valence-corrected chi connectivity index (χ2v) is 4.91. The fourth-order valence-electron chi connectivity index (χ4n) is 1.05. The van der Waals surface area contributed by atoms with Crippen molar-refractivity contribution < 1.29 is 9.53 Å². The molecule has 1 aromatic rings. The molecule has 1 aliphatic rings. The summed E-state index contributed by atoms with van der Waals surface area (Å²) in [6.07, 6.45) is -0.432. The topological polar surface area (TPSA) is 38.3 Å². The summed E-state index contributed by atoms with van der Waals surface area (Å²) in [5, 5.41) is 2.61. The van der Waals surface area contributed by atoms with Crippen molar-refractivity contribution in [2.45, 2.75) is 6.10 Å². The summed E-state index contributed by atoms with van der Waals surface area (Å²) in [4.78, 5) is 11.8. The molecular weight excluding hydrogens is 242 g/mol. The molecule has 0 radical (unpaired) electrons. The number of carbonyl (C=O) groups excluding carboxylic acids is 1. The number of alkyl carbamates (subject to hydrolysis) is 1. The Kier molecular flexibility index (Phi) is 2.06. The lowest BCUT2D eigenvalue weighted by atomic mass is 10.3. The van der Waals surface area contributed by atoms with Gasteiger partial charge in [-0.15, -0.1) is 11.3 Å². The van der Waals surface area contributed by atoms with E-state index in [4.69, 9.17) is 4.74 Å². The molecular formula is C7H6BrNO2S. The van der Waals surface area contributed by atoms with E-state index in [0.29, 0.717) is 6.54 Å². The third kappa shape index (κ3) is 1.47.